The average molecular weight is 283 g/mol. The molecule has 1 aromatic carbocycles. The van der Waals surface area contributed by atoms with E-state index in [-0.39, 0.29) is 5.92 Å². The van der Waals surface area contributed by atoms with E-state index in [0.29, 0.717) is 5.78 Å². The van der Waals surface area contributed by atoms with Crippen LogP contribution >= 0.6 is 0 Å². The molecule has 4 nitrogen and oxygen atoms in total. The maximum absolute atomic E-state index is 11.5. The summed E-state index contributed by atoms with van der Waals surface area (Å²) < 4.78 is 1.90. The van der Waals surface area contributed by atoms with Crippen LogP contribution in [0, 0.1) is 5.92 Å². The van der Waals surface area contributed by atoms with Gasteiger partial charge in [0.05, 0.1) is 11.4 Å². The molecule has 1 aliphatic rings. The van der Waals surface area contributed by atoms with Crippen molar-refractivity contribution in [1.29, 1.82) is 0 Å². The molecule has 2 heterocycles. The number of benzene rings is 1. The Morgan fingerprint density at radius 3 is 2.86 bits per heavy atom. The number of Topliss-reactive ketones (excluding diaryl/α,β-unsaturated/α-hetero) is 1. The number of hydrogen-bond donors (Lipinski definition) is 0. The third kappa shape index (κ3) is 3.39. The zero-order chi connectivity index (χ0) is 14.7. The van der Waals surface area contributed by atoms with Crippen LogP contribution in [0.4, 0.5) is 0 Å². The largest absolute Gasteiger partial charge is 0.300 e. The van der Waals surface area contributed by atoms with Crippen molar-refractivity contribution in [2.75, 3.05) is 13.1 Å². The molecule has 21 heavy (non-hydrogen) atoms. The minimum absolute atomic E-state index is 0.204. The molecule has 0 radical (unpaired) electrons. The fraction of sp³-hybridized carbons (Fsp3) is 0.412. The summed E-state index contributed by atoms with van der Waals surface area (Å²) in [5, 5.41) is 4.63. The van der Waals surface area contributed by atoms with E-state index in [1.54, 1.807) is 6.92 Å². The number of piperidine rings is 1. The van der Waals surface area contributed by atoms with Crippen molar-refractivity contribution in [2.45, 2.75) is 26.3 Å². The van der Waals surface area contributed by atoms with Crippen LogP contribution in [-0.2, 0) is 11.3 Å². The SMILES string of the molecule is CC(=O)C1CCCN(Cc2ccn(-c3ccccc3)n2)C1. The number of para-hydroxylation sites is 1. The van der Waals surface area contributed by atoms with Gasteiger partial charge in [0, 0.05) is 25.2 Å². The van der Waals surface area contributed by atoms with Crippen LogP contribution in [0.2, 0.25) is 0 Å². The first-order chi connectivity index (χ1) is 10.2. The zero-order valence-corrected chi connectivity index (χ0v) is 12.4. The van der Waals surface area contributed by atoms with Gasteiger partial charge in [-0.25, -0.2) is 4.68 Å². The third-order valence-corrected chi connectivity index (χ3v) is 4.13. The normalized spacial score (nSPS) is 19.6. The van der Waals surface area contributed by atoms with Gasteiger partial charge in [-0.3, -0.25) is 9.69 Å². The first-order valence-corrected chi connectivity index (χ1v) is 7.55. The van der Waals surface area contributed by atoms with Crippen molar-refractivity contribution in [3.8, 4) is 5.69 Å². The first-order valence-electron chi connectivity index (χ1n) is 7.55. The second kappa shape index (κ2) is 6.22. The van der Waals surface area contributed by atoms with Crippen molar-refractivity contribution < 1.29 is 4.79 Å². The number of likely N-dealkylation sites (tertiary alicyclic amines) is 1. The lowest BCUT2D eigenvalue weighted by Gasteiger charge is -2.30. The molecule has 0 aliphatic carbocycles. The van der Waals surface area contributed by atoms with E-state index in [1.165, 1.54) is 0 Å². The van der Waals surface area contributed by atoms with Crippen LogP contribution < -0.4 is 0 Å². The van der Waals surface area contributed by atoms with Crippen molar-refractivity contribution in [3.05, 3.63) is 48.3 Å². The van der Waals surface area contributed by atoms with Gasteiger partial charge in [0.25, 0.3) is 0 Å². The van der Waals surface area contributed by atoms with E-state index in [9.17, 15) is 4.79 Å². The predicted molar refractivity (Wildman–Crippen MR) is 82.2 cm³/mol. The lowest BCUT2D eigenvalue weighted by Crippen LogP contribution is -2.37. The van der Waals surface area contributed by atoms with Gasteiger partial charge in [-0.1, -0.05) is 18.2 Å². The maximum Gasteiger partial charge on any atom is 0.134 e. The fourth-order valence-corrected chi connectivity index (χ4v) is 2.93. The van der Waals surface area contributed by atoms with E-state index in [2.05, 4.69) is 16.1 Å². The summed E-state index contributed by atoms with van der Waals surface area (Å²) in [6.07, 6.45) is 4.13. The smallest absolute Gasteiger partial charge is 0.134 e. The van der Waals surface area contributed by atoms with E-state index < -0.39 is 0 Å². The topological polar surface area (TPSA) is 38.1 Å². The lowest BCUT2D eigenvalue weighted by atomic mass is 9.94. The standard InChI is InChI=1S/C17H21N3O/c1-14(21)15-6-5-10-19(12-15)13-16-9-11-20(18-16)17-7-3-2-4-8-17/h2-4,7-9,11,15H,5-6,10,12-13H2,1H3. The lowest BCUT2D eigenvalue weighted by molar-refractivity contribution is -0.122. The van der Waals surface area contributed by atoms with Gasteiger partial charge < -0.3 is 0 Å². The summed E-state index contributed by atoms with van der Waals surface area (Å²) in [6, 6.07) is 12.2. The number of hydrogen-bond acceptors (Lipinski definition) is 3. The number of nitrogens with zero attached hydrogens (tertiary/aromatic N) is 3. The van der Waals surface area contributed by atoms with Crippen molar-refractivity contribution in [2.24, 2.45) is 5.92 Å². The van der Waals surface area contributed by atoms with Gasteiger partial charge >= 0.3 is 0 Å². The molecular formula is C17H21N3O. The Bertz CT molecular complexity index is 606. The molecule has 2 aromatic rings. The van der Waals surface area contributed by atoms with Gasteiger partial charge in [0.2, 0.25) is 0 Å². The molecule has 1 aliphatic heterocycles. The summed E-state index contributed by atoms with van der Waals surface area (Å²) in [4.78, 5) is 13.9. The van der Waals surface area contributed by atoms with Crippen LogP contribution in [-0.4, -0.2) is 33.6 Å². The number of carbonyl (C=O) groups is 1. The quantitative estimate of drug-likeness (QED) is 0.866. The Kier molecular flexibility index (Phi) is 4.15. The van der Waals surface area contributed by atoms with Crippen LogP contribution in [0.3, 0.4) is 0 Å². The van der Waals surface area contributed by atoms with Crippen molar-refractivity contribution in [1.82, 2.24) is 14.7 Å². The van der Waals surface area contributed by atoms with Crippen LogP contribution in [0.15, 0.2) is 42.6 Å². The summed E-state index contributed by atoms with van der Waals surface area (Å²) in [6.45, 7) is 4.46. The molecule has 0 saturated carbocycles. The van der Waals surface area contributed by atoms with Crippen LogP contribution in [0.1, 0.15) is 25.5 Å². The molecule has 1 fully saturated rings. The minimum atomic E-state index is 0.204. The highest BCUT2D eigenvalue weighted by Gasteiger charge is 2.23. The highest BCUT2D eigenvalue weighted by molar-refractivity contribution is 5.78. The van der Waals surface area contributed by atoms with E-state index in [0.717, 1.165) is 43.9 Å². The summed E-state index contributed by atoms with van der Waals surface area (Å²) in [5.41, 5.74) is 2.13. The Balaban J connectivity index is 1.66. The molecule has 0 amide bonds. The predicted octanol–water partition coefficient (Wildman–Crippen LogP) is 2.67. The molecule has 0 bridgehead atoms. The van der Waals surface area contributed by atoms with Gasteiger partial charge in [-0.15, -0.1) is 0 Å². The van der Waals surface area contributed by atoms with Crippen molar-refractivity contribution >= 4 is 5.78 Å². The Morgan fingerprint density at radius 1 is 1.29 bits per heavy atom. The fourth-order valence-electron chi connectivity index (χ4n) is 2.93. The Morgan fingerprint density at radius 2 is 2.10 bits per heavy atom. The zero-order valence-electron chi connectivity index (χ0n) is 12.4. The summed E-state index contributed by atoms with van der Waals surface area (Å²) >= 11 is 0. The van der Waals surface area contributed by atoms with Gasteiger partial charge in [0.1, 0.15) is 5.78 Å². The highest BCUT2D eigenvalue weighted by atomic mass is 16.1. The molecule has 0 spiro atoms. The molecule has 1 atom stereocenters. The molecule has 1 aromatic heterocycles. The molecule has 3 rings (SSSR count). The maximum atomic E-state index is 11.5. The first kappa shape index (κ1) is 14.0. The summed E-state index contributed by atoms with van der Waals surface area (Å²) in [5.74, 6) is 0.518. The van der Waals surface area contributed by atoms with Gasteiger partial charge in [-0.05, 0) is 44.5 Å². The Hall–Kier alpha value is -1.94. The van der Waals surface area contributed by atoms with Crippen LogP contribution in [0.25, 0.3) is 5.69 Å². The number of ketones is 1. The molecule has 4 heteroatoms. The van der Waals surface area contributed by atoms with E-state index in [1.807, 2.05) is 41.2 Å². The molecule has 1 unspecified atom stereocenters. The number of carbonyl (C=O) groups excluding carboxylic acids is 1. The van der Waals surface area contributed by atoms with E-state index >= 15 is 0 Å². The second-order valence-electron chi connectivity index (χ2n) is 5.77. The Labute approximate surface area is 125 Å². The summed E-state index contributed by atoms with van der Waals surface area (Å²) in [7, 11) is 0. The van der Waals surface area contributed by atoms with E-state index in [4.69, 9.17) is 0 Å². The molecule has 0 N–H and O–H groups in total. The van der Waals surface area contributed by atoms with Crippen LogP contribution in [0.5, 0.6) is 0 Å². The molecular weight excluding hydrogens is 262 g/mol. The minimum Gasteiger partial charge on any atom is -0.300 e. The number of aromatic nitrogens is 2. The van der Waals surface area contributed by atoms with Gasteiger partial charge in [-0.2, -0.15) is 5.10 Å². The third-order valence-electron chi connectivity index (χ3n) is 4.13. The molecule has 110 valence electrons. The molecule has 1 saturated heterocycles. The number of rotatable bonds is 4. The monoisotopic (exact) mass is 283 g/mol. The van der Waals surface area contributed by atoms with Gasteiger partial charge in [0.15, 0.2) is 0 Å². The average Bonchev–Trinajstić information content (AvgIpc) is 2.97. The van der Waals surface area contributed by atoms with Crippen molar-refractivity contribution in [3.63, 3.8) is 0 Å². The highest BCUT2D eigenvalue weighted by Crippen LogP contribution is 2.19. The second-order valence-corrected chi connectivity index (χ2v) is 5.77.